The number of methoxy groups -OCH3 is 1. The van der Waals surface area contributed by atoms with Crippen molar-refractivity contribution in [1.29, 1.82) is 0 Å². The maximum Gasteiger partial charge on any atom is 0.339 e. The first-order valence-corrected chi connectivity index (χ1v) is 6.21. The summed E-state index contributed by atoms with van der Waals surface area (Å²) in [4.78, 5) is 15.6. The summed E-state index contributed by atoms with van der Waals surface area (Å²) in [5, 5.41) is 1.43. The van der Waals surface area contributed by atoms with Gasteiger partial charge in [-0.15, -0.1) is 11.8 Å². The fourth-order valence-electron chi connectivity index (χ4n) is 1.57. The number of fused-ring (bicyclic) bond motifs is 1. The van der Waals surface area contributed by atoms with Crippen molar-refractivity contribution in [2.75, 3.05) is 13.4 Å². The average molecular weight is 256 g/mol. The molecular formula is C11H10ClNO2S. The molecule has 1 aromatic carbocycles. The van der Waals surface area contributed by atoms with Crippen LogP contribution in [0.25, 0.3) is 10.9 Å². The van der Waals surface area contributed by atoms with Gasteiger partial charge in [0.05, 0.1) is 23.2 Å². The number of carbonyl (C=O) groups is 1. The summed E-state index contributed by atoms with van der Waals surface area (Å²) in [6, 6.07) is 3.56. The largest absolute Gasteiger partial charge is 0.465 e. The monoisotopic (exact) mass is 255 g/mol. The summed E-state index contributed by atoms with van der Waals surface area (Å²) >= 11 is 7.77. The lowest BCUT2D eigenvalue weighted by Crippen LogP contribution is -2.01. The molecule has 2 aromatic rings. The minimum atomic E-state index is -0.424. The second kappa shape index (κ2) is 4.39. The van der Waals surface area contributed by atoms with E-state index in [2.05, 4.69) is 9.72 Å². The number of aromatic nitrogens is 1. The molecule has 0 aliphatic rings. The Balaban J connectivity index is 2.66. The highest BCUT2D eigenvalue weighted by atomic mass is 35.5. The first-order chi connectivity index (χ1) is 7.69. The molecule has 5 heteroatoms. The van der Waals surface area contributed by atoms with Crippen LogP contribution >= 0.6 is 23.4 Å². The van der Waals surface area contributed by atoms with Gasteiger partial charge in [-0.1, -0.05) is 17.7 Å². The van der Waals surface area contributed by atoms with Gasteiger partial charge >= 0.3 is 5.97 Å². The Kier molecular flexibility index (Phi) is 3.12. The topological polar surface area (TPSA) is 42.1 Å². The molecule has 16 heavy (non-hydrogen) atoms. The summed E-state index contributed by atoms with van der Waals surface area (Å²) in [6.07, 6.45) is 3.87. The molecule has 3 nitrogen and oxygen atoms in total. The molecule has 1 N–H and O–H groups in total. The van der Waals surface area contributed by atoms with E-state index >= 15 is 0 Å². The zero-order valence-electron chi connectivity index (χ0n) is 8.83. The predicted octanol–water partition coefficient (Wildman–Crippen LogP) is 3.33. The van der Waals surface area contributed by atoms with Crippen molar-refractivity contribution in [3.05, 3.63) is 28.9 Å². The number of nitrogens with one attached hydrogen (secondary N) is 1. The smallest absolute Gasteiger partial charge is 0.339 e. The number of benzene rings is 1. The van der Waals surface area contributed by atoms with Gasteiger partial charge in [-0.3, -0.25) is 0 Å². The first kappa shape index (κ1) is 11.4. The minimum absolute atomic E-state index is 0.381. The highest BCUT2D eigenvalue weighted by Gasteiger charge is 2.15. The second-order valence-corrected chi connectivity index (χ2v) is 4.42. The Hall–Kier alpha value is -1.13. The molecule has 0 atom stereocenters. The van der Waals surface area contributed by atoms with Crippen LogP contribution in [0.2, 0.25) is 5.02 Å². The van der Waals surface area contributed by atoms with Crippen LogP contribution in [0.4, 0.5) is 0 Å². The molecule has 0 spiro atoms. The number of ether oxygens (including phenoxy) is 1. The van der Waals surface area contributed by atoms with Crippen molar-refractivity contribution in [1.82, 2.24) is 4.98 Å². The third kappa shape index (κ3) is 1.68. The fraction of sp³-hybridized carbons (Fsp3) is 0.182. The van der Waals surface area contributed by atoms with Crippen molar-refractivity contribution in [3.8, 4) is 0 Å². The van der Waals surface area contributed by atoms with E-state index in [9.17, 15) is 4.79 Å². The number of halogens is 1. The third-order valence-electron chi connectivity index (χ3n) is 2.38. The number of aromatic amines is 1. The first-order valence-electron chi connectivity index (χ1n) is 4.61. The lowest BCUT2D eigenvalue weighted by molar-refractivity contribution is 0.0601. The van der Waals surface area contributed by atoms with Crippen LogP contribution in [0.15, 0.2) is 23.2 Å². The Morgan fingerprint density at radius 1 is 1.50 bits per heavy atom. The molecule has 0 saturated carbocycles. The molecule has 0 aliphatic carbocycles. The Morgan fingerprint density at radius 3 is 2.88 bits per heavy atom. The molecule has 2 rings (SSSR count). The van der Waals surface area contributed by atoms with Crippen molar-refractivity contribution >= 4 is 40.2 Å². The van der Waals surface area contributed by atoms with Crippen molar-refractivity contribution in [2.45, 2.75) is 4.90 Å². The number of H-pyrrole nitrogens is 1. The number of carbonyl (C=O) groups excluding carboxylic acids is 1. The Bertz CT molecular complexity index is 550. The maximum atomic E-state index is 11.4. The van der Waals surface area contributed by atoms with Gasteiger partial charge in [0.2, 0.25) is 0 Å². The lowest BCUT2D eigenvalue weighted by Gasteiger charge is -2.03. The minimum Gasteiger partial charge on any atom is -0.465 e. The molecule has 84 valence electrons. The Labute approximate surface area is 102 Å². The van der Waals surface area contributed by atoms with Gasteiger partial charge < -0.3 is 9.72 Å². The number of thioether (sulfide) groups is 1. The van der Waals surface area contributed by atoms with E-state index in [1.807, 2.05) is 18.5 Å². The molecular weight excluding hydrogens is 246 g/mol. The maximum absolute atomic E-state index is 11.4. The van der Waals surface area contributed by atoms with Crippen LogP contribution in [-0.4, -0.2) is 24.3 Å². The standard InChI is InChI=1S/C11H10ClNO2S/c1-15-11(14)7-4-3-6-8(16-2)5-13-10(6)9(7)12/h3-5,13H,1-2H3. The van der Waals surface area contributed by atoms with Crippen LogP contribution in [-0.2, 0) is 4.74 Å². The van der Waals surface area contributed by atoms with E-state index in [1.165, 1.54) is 7.11 Å². The molecule has 0 amide bonds. The number of hydrogen-bond donors (Lipinski definition) is 1. The molecule has 0 saturated heterocycles. The third-order valence-corrected chi connectivity index (χ3v) is 3.55. The molecule has 0 radical (unpaired) electrons. The molecule has 1 heterocycles. The number of esters is 1. The highest BCUT2D eigenvalue weighted by molar-refractivity contribution is 7.98. The van der Waals surface area contributed by atoms with Gasteiger partial charge in [0.25, 0.3) is 0 Å². The zero-order chi connectivity index (χ0) is 11.7. The molecule has 0 unspecified atom stereocenters. The van der Waals surface area contributed by atoms with Gasteiger partial charge in [-0.05, 0) is 12.3 Å². The lowest BCUT2D eigenvalue weighted by atomic mass is 10.1. The highest BCUT2D eigenvalue weighted by Crippen LogP contribution is 2.32. The summed E-state index contributed by atoms with van der Waals surface area (Å²) < 4.78 is 4.66. The van der Waals surface area contributed by atoms with Gasteiger partial charge in [0.15, 0.2) is 0 Å². The van der Waals surface area contributed by atoms with Crippen LogP contribution < -0.4 is 0 Å². The van der Waals surface area contributed by atoms with Gasteiger partial charge in [0, 0.05) is 16.5 Å². The summed E-state index contributed by atoms with van der Waals surface area (Å²) in [5.41, 5.74) is 1.15. The van der Waals surface area contributed by atoms with E-state index in [0.717, 1.165) is 15.8 Å². The molecule has 0 fully saturated rings. The van der Waals surface area contributed by atoms with E-state index in [4.69, 9.17) is 11.6 Å². The van der Waals surface area contributed by atoms with E-state index in [1.54, 1.807) is 17.8 Å². The number of rotatable bonds is 2. The summed E-state index contributed by atoms with van der Waals surface area (Å²) in [7, 11) is 1.34. The van der Waals surface area contributed by atoms with E-state index in [0.29, 0.717) is 10.6 Å². The van der Waals surface area contributed by atoms with Crippen molar-refractivity contribution < 1.29 is 9.53 Å². The number of hydrogen-bond acceptors (Lipinski definition) is 3. The van der Waals surface area contributed by atoms with Gasteiger partial charge in [0.1, 0.15) is 0 Å². The van der Waals surface area contributed by atoms with Gasteiger partial charge in [-0.2, -0.15) is 0 Å². The molecule has 1 aromatic heterocycles. The quantitative estimate of drug-likeness (QED) is 0.661. The van der Waals surface area contributed by atoms with E-state index in [-0.39, 0.29) is 0 Å². The van der Waals surface area contributed by atoms with Crippen LogP contribution in [0, 0.1) is 0 Å². The molecule has 0 aliphatic heterocycles. The predicted molar refractivity (Wildman–Crippen MR) is 66.4 cm³/mol. The SMILES string of the molecule is COC(=O)c1ccc2c(SC)c[nH]c2c1Cl. The zero-order valence-corrected chi connectivity index (χ0v) is 10.4. The second-order valence-electron chi connectivity index (χ2n) is 3.20. The normalized spacial score (nSPS) is 10.7. The van der Waals surface area contributed by atoms with Crippen LogP contribution in [0.5, 0.6) is 0 Å². The van der Waals surface area contributed by atoms with Crippen LogP contribution in [0.3, 0.4) is 0 Å². The van der Waals surface area contributed by atoms with Crippen molar-refractivity contribution in [3.63, 3.8) is 0 Å². The Morgan fingerprint density at radius 2 is 2.25 bits per heavy atom. The van der Waals surface area contributed by atoms with Crippen LogP contribution in [0.1, 0.15) is 10.4 Å². The van der Waals surface area contributed by atoms with Crippen molar-refractivity contribution in [2.24, 2.45) is 0 Å². The summed E-state index contributed by atoms with van der Waals surface area (Å²) in [5.74, 6) is -0.424. The fourth-order valence-corrected chi connectivity index (χ4v) is 2.44. The average Bonchev–Trinajstić information content (AvgIpc) is 2.72. The van der Waals surface area contributed by atoms with E-state index < -0.39 is 5.97 Å². The summed E-state index contributed by atoms with van der Waals surface area (Å²) in [6.45, 7) is 0. The molecule has 0 bridgehead atoms. The van der Waals surface area contributed by atoms with Gasteiger partial charge in [-0.25, -0.2) is 4.79 Å².